The van der Waals surface area contributed by atoms with Crippen molar-refractivity contribution in [2.45, 2.75) is 13.5 Å². The first kappa shape index (κ1) is 10.8. The van der Waals surface area contributed by atoms with Gasteiger partial charge in [0.05, 0.1) is 12.1 Å². The predicted molar refractivity (Wildman–Crippen MR) is 72.2 cm³/mol. The molecule has 2 aromatic heterocycles. The van der Waals surface area contributed by atoms with Gasteiger partial charge in [-0.15, -0.1) is 0 Å². The molecular formula is C14H14N4. The van der Waals surface area contributed by atoms with Crippen molar-refractivity contribution >= 4 is 16.9 Å². The lowest BCUT2D eigenvalue weighted by atomic mass is 10.1. The fourth-order valence-electron chi connectivity index (χ4n) is 2.05. The van der Waals surface area contributed by atoms with E-state index in [2.05, 4.69) is 28.2 Å². The maximum absolute atomic E-state index is 5.76. The Morgan fingerprint density at radius 3 is 2.89 bits per heavy atom. The van der Waals surface area contributed by atoms with Crippen LogP contribution in [0.2, 0.25) is 0 Å². The summed E-state index contributed by atoms with van der Waals surface area (Å²) < 4.78 is 1.92. The van der Waals surface area contributed by atoms with Crippen LogP contribution in [0, 0.1) is 6.92 Å². The molecule has 4 nitrogen and oxygen atoms in total. The molecule has 0 bridgehead atoms. The smallest absolute Gasteiger partial charge is 0.200 e. The number of nitrogens with two attached hydrogens (primary N) is 1. The van der Waals surface area contributed by atoms with Crippen LogP contribution in [-0.2, 0) is 6.54 Å². The molecule has 0 saturated heterocycles. The molecular weight excluding hydrogens is 224 g/mol. The van der Waals surface area contributed by atoms with Gasteiger partial charge in [0, 0.05) is 23.5 Å². The third-order valence-corrected chi connectivity index (χ3v) is 2.99. The summed E-state index contributed by atoms with van der Waals surface area (Å²) in [5.74, 6) is 0.539. The first-order chi connectivity index (χ1) is 8.72. The molecule has 0 aliphatic heterocycles. The van der Waals surface area contributed by atoms with Gasteiger partial charge in [-0.1, -0.05) is 12.1 Å². The van der Waals surface area contributed by atoms with Gasteiger partial charge in [-0.2, -0.15) is 0 Å². The minimum atomic E-state index is 0.539. The molecule has 0 saturated carbocycles. The van der Waals surface area contributed by atoms with E-state index in [1.54, 1.807) is 6.20 Å². The Kier molecular flexibility index (Phi) is 2.48. The molecule has 2 N–H and O–H groups in total. The quantitative estimate of drug-likeness (QED) is 0.745. The van der Waals surface area contributed by atoms with Crippen LogP contribution in [0.4, 0.5) is 5.95 Å². The standard InChI is InChI=1S/C14H14N4/c1-10-2-4-12-8-11(3-5-13(12)17-10)9-18-7-6-16-14(18)15/h2-8H,9H2,1H3,(H2,15,16). The summed E-state index contributed by atoms with van der Waals surface area (Å²) in [6.45, 7) is 2.73. The predicted octanol–water partition coefficient (Wildman–Crippen LogP) is 2.37. The molecule has 90 valence electrons. The lowest BCUT2D eigenvalue weighted by Gasteiger charge is -2.06. The lowest BCUT2D eigenvalue weighted by Crippen LogP contribution is -2.03. The largest absolute Gasteiger partial charge is 0.369 e. The molecule has 0 radical (unpaired) electrons. The highest BCUT2D eigenvalue weighted by atomic mass is 15.1. The SMILES string of the molecule is Cc1ccc2cc(Cn3ccnc3N)ccc2n1. The van der Waals surface area contributed by atoms with Crippen molar-refractivity contribution < 1.29 is 0 Å². The topological polar surface area (TPSA) is 56.7 Å². The molecule has 0 unspecified atom stereocenters. The number of rotatable bonds is 2. The number of imidazole rings is 1. The second-order valence-corrected chi connectivity index (χ2v) is 4.39. The summed E-state index contributed by atoms with van der Waals surface area (Å²) in [5, 5.41) is 1.15. The molecule has 4 heteroatoms. The average molecular weight is 238 g/mol. The molecule has 0 aliphatic carbocycles. The summed E-state index contributed by atoms with van der Waals surface area (Å²) in [6.07, 6.45) is 3.59. The van der Waals surface area contributed by atoms with Crippen LogP contribution in [0.15, 0.2) is 42.7 Å². The van der Waals surface area contributed by atoms with Crippen molar-refractivity contribution in [1.29, 1.82) is 0 Å². The maximum atomic E-state index is 5.76. The van der Waals surface area contributed by atoms with E-state index in [4.69, 9.17) is 5.73 Å². The summed E-state index contributed by atoms with van der Waals surface area (Å²) in [4.78, 5) is 8.50. The molecule has 1 aromatic carbocycles. The van der Waals surface area contributed by atoms with Gasteiger partial charge in [0.25, 0.3) is 0 Å². The van der Waals surface area contributed by atoms with Gasteiger partial charge >= 0.3 is 0 Å². The second kappa shape index (κ2) is 4.14. The highest BCUT2D eigenvalue weighted by Crippen LogP contribution is 2.16. The minimum absolute atomic E-state index is 0.539. The van der Waals surface area contributed by atoms with Crippen molar-refractivity contribution in [3.8, 4) is 0 Å². The van der Waals surface area contributed by atoms with Crippen LogP contribution < -0.4 is 5.73 Å². The van der Waals surface area contributed by atoms with Crippen LogP contribution in [0.1, 0.15) is 11.3 Å². The fourth-order valence-corrected chi connectivity index (χ4v) is 2.05. The van der Waals surface area contributed by atoms with E-state index < -0.39 is 0 Å². The number of nitrogen functional groups attached to an aromatic ring is 1. The molecule has 0 aliphatic rings. The second-order valence-electron chi connectivity index (χ2n) is 4.39. The number of hydrogen-bond donors (Lipinski definition) is 1. The summed E-state index contributed by atoms with van der Waals surface area (Å²) >= 11 is 0. The summed E-state index contributed by atoms with van der Waals surface area (Å²) in [7, 11) is 0. The van der Waals surface area contributed by atoms with E-state index in [0.717, 1.165) is 23.1 Å². The third-order valence-electron chi connectivity index (χ3n) is 2.99. The number of anilines is 1. The zero-order valence-corrected chi connectivity index (χ0v) is 10.2. The van der Waals surface area contributed by atoms with E-state index in [1.165, 1.54) is 5.56 Å². The Hall–Kier alpha value is -2.36. The molecule has 3 rings (SSSR count). The fraction of sp³-hybridized carbons (Fsp3) is 0.143. The van der Waals surface area contributed by atoms with Crippen molar-refractivity contribution in [2.75, 3.05) is 5.73 Å². The monoisotopic (exact) mass is 238 g/mol. The Morgan fingerprint density at radius 2 is 2.11 bits per heavy atom. The molecule has 0 spiro atoms. The molecule has 3 aromatic rings. The van der Waals surface area contributed by atoms with E-state index >= 15 is 0 Å². The Balaban J connectivity index is 1.99. The van der Waals surface area contributed by atoms with Crippen molar-refractivity contribution in [3.63, 3.8) is 0 Å². The molecule has 0 atom stereocenters. The number of aryl methyl sites for hydroxylation is 1. The number of fused-ring (bicyclic) bond motifs is 1. The third kappa shape index (κ3) is 1.93. The van der Waals surface area contributed by atoms with Gasteiger partial charge in [-0.05, 0) is 30.7 Å². The van der Waals surface area contributed by atoms with E-state index in [9.17, 15) is 0 Å². The molecule has 0 fully saturated rings. The van der Waals surface area contributed by atoms with E-state index in [1.807, 2.05) is 29.8 Å². The number of nitrogens with zero attached hydrogens (tertiary/aromatic N) is 3. The average Bonchev–Trinajstić information content (AvgIpc) is 2.75. The van der Waals surface area contributed by atoms with Crippen molar-refractivity contribution in [1.82, 2.24) is 14.5 Å². The number of pyridine rings is 1. The van der Waals surface area contributed by atoms with Gasteiger partial charge < -0.3 is 10.3 Å². The van der Waals surface area contributed by atoms with Crippen LogP contribution >= 0.6 is 0 Å². The van der Waals surface area contributed by atoms with Gasteiger partial charge in [-0.25, -0.2) is 4.98 Å². The van der Waals surface area contributed by atoms with E-state index in [-0.39, 0.29) is 0 Å². The highest BCUT2D eigenvalue weighted by Gasteiger charge is 2.01. The van der Waals surface area contributed by atoms with Crippen molar-refractivity contribution in [2.24, 2.45) is 0 Å². The first-order valence-corrected chi connectivity index (χ1v) is 5.85. The Morgan fingerprint density at radius 1 is 1.22 bits per heavy atom. The maximum Gasteiger partial charge on any atom is 0.200 e. The molecule has 18 heavy (non-hydrogen) atoms. The lowest BCUT2D eigenvalue weighted by molar-refractivity contribution is 0.812. The van der Waals surface area contributed by atoms with E-state index in [0.29, 0.717) is 5.95 Å². The first-order valence-electron chi connectivity index (χ1n) is 5.85. The van der Waals surface area contributed by atoms with Gasteiger partial charge in [0.1, 0.15) is 0 Å². The minimum Gasteiger partial charge on any atom is -0.369 e. The summed E-state index contributed by atoms with van der Waals surface area (Å²) in [6, 6.07) is 10.4. The van der Waals surface area contributed by atoms with Crippen LogP contribution in [0.5, 0.6) is 0 Å². The highest BCUT2D eigenvalue weighted by molar-refractivity contribution is 5.79. The summed E-state index contributed by atoms with van der Waals surface area (Å²) in [5.41, 5.74) is 9.01. The molecule has 2 heterocycles. The Bertz CT molecular complexity index is 700. The zero-order chi connectivity index (χ0) is 12.5. The number of hydrogen-bond acceptors (Lipinski definition) is 3. The van der Waals surface area contributed by atoms with Crippen LogP contribution in [0.25, 0.3) is 10.9 Å². The van der Waals surface area contributed by atoms with Gasteiger partial charge in [-0.3, -0.25) is 4.98 Å². The van der Waals surface area contributed by atoms with Gasteiger partial charge in [0.15, 0.2) is 5.95 Å². The normalized spacial score (nSPS) is 10.9. The van der Waals surface area contributed by atoms with Crippen LogP contribution in [0.3, 0.4) is 0 Å². The van der Waals surface area contributed by atoms with Crippen molar-refractivity contribution in [3.05, 3.63) is 54.0 Å². The zero-order valence-electron chi connectivity index (χ0n) is 10.2. The number of aromatic nitrogens is 3. The van der Waals surface area contributed by atoms with Gasteiger partial charge in [0.2, 0.25) is 0 Å². The van der Waals surface area contributed by atoms with Crippen LogP contribution in [-0.4, -0.2) is 14.5 Å². The molecule has 0 amide bonds. The Labute approximate surface area is 105 Å². The number of benzene rings is 1.